The van der Waals surface area contributed by atoms with Crippen molar-refractivity contribution >= 4 is 23.1 Å². The van der Waals surface area contributed by atoms with Gasteiger partial charge in [0.25, 0.3) is 0 Å². The maximum atomic E-state index is 11.9. The fraction of sp³-hybridized carbons (Fsp3) is 0.0714. The van der Waals surface area contributed by atoms with Gasteiger partial charge in [-0.2, -0.15) is 5.10 Å². The molecule has 9 nitrogen and oxygen atoms in total. The lowest BCUT2D eigenvalue weighted by Crippen LogP contribution is -2.15. The number of hydrogen-bond donors (Lipinski definition) is 1. The fourth-order valence-corrected chi connectivity index (χ4v) is 2.01. The summed E-state index contributed by atoms with van der Waals surface area (Å²) in [6.45, 7) is 0.0805. The Morgan fingerprint density at radius 3 is 2.87 bits per heavy atom. The number of hydrogen-bond acceptors (Lipinski definition) is 6. The molecule has 0 atom stereocenters. The van der Waals surface area contributed by atoms with Gasteiger partial charge in [-0.05, 0) is 5.56 Å². The van der Waals surface area contributed by atoms with Gasteiger partial charge < -0.3 is 4.74 Å². The van der Waals surface area contributed by atoms with Crippen LogP contribution in [0.4, 0.5) is 16.3 Å². The number of carbonyl (C=O) groups is 1. The van der Waals surface area contributed by atoms with Gasteiger partial charge in [-0.15, -0.1) is 0 Å². The standard InChI is InChI=1S/C14H11N5O4/c20-14(23-9-10-4-2-1-3-5-10)17-13-12-11(19(21)22)8-16-18(12)7-6-15-13/h1-8H,9H2,(H,15,17,20). The van der Waals surface area contributed by atoms with Crippen LogP contribution in [0.25, 0.3) is 5.52 Å². The topological polar surface area (TPSA) is 112 Å². The number of fused-ring (bicyclic) bond motifs is 1. The van der Waals surface area contributed by atoms with Crippen LogP contribution < -0.4 is 5.32 Å². The van der Waals surface area contributed by atoms with Gasteiger partial charge in [0.1, 0.15) is 12.8 Å². The van der Waals surface area contributed by atoms with Crippen LogP contribution in [0.2, 0.25) is 0 Å². The highest BCUT2D eigenvalue weighted by atomic mass is 16.6. The van der Waals surface area contributed by atoms with Gasteiger partial charge in [-0.1, -0.05) is 30.3 Å². The number of nitrogens with zero attached hydrogens (tertiary/aromatic N) is 4. The fourth-order valence-electron chi connectivity index (χ4n) is 2.01. The zero-order valence-electron chi connectivity index (χ0n) is 11.7. The SMILES string of the molecule is O=C(Nc1nccn2ncc([N+](=O)[O-])c12)OCc1ccccc1. The molecule has 0 radical (unpaired) electrons. The largest absolute Gasteiger partial charge is 0.444 e. The maximum Gasteiger partial charge on any atom is 0.413 e. The molecule has 2 heterocycles. The van der Waals surface area contributed by atoms with Crippen LogP contribution in [0.15, 0.2) is 48.9 Å². The highest BCUT2D eigenvalue weighted by Crippen LogP contribution is 2.24. The Balaban J connectivity index is 1.77. The summed E-state index contributed by atoms with van der Waals surface area (Å²) in [7, 11) is 0. The Hall–Kier alpha value is -3.49. The molecule has 0 fully saturated rings. The lowest BCUT2D eigenvalue weighted by atomic mass is 10.2. The third kappa shape index (κ3) is 3.07. The van der Waals surface area contributed by atoms with Crippen LogP contribution in [0.1, 0.15) is 5.56 Å². The molecule has 0 bridgehead atoms. The van der Waals surface area contributed by atoms with E-state index in [4.69, 9.17) is 4.74 Å². The van der Waals surface area contributed by atoms with Gasteiger partial charge in [0, 0.05) is 12.4 Å². The summed E-state index contributed by atoms with van der Waals surface area (Å²) >= 11 is 0. The van der Waals surface area contributed by atoms with E-state index in [1.165, 1.54) is 16.9 Å². The monoisotopic (exact) mass is 313 g/mol. The number of benzene rings is 1. The Morgan fingerprint density at radius 1 is 1.35 bits per heavy atom. The number of aromatic nitrogens is 3. The molecule has 0 aliphatic carbocycles. The average Bonchev–Trinajstić information content (AvgIpc) is 2.99. The Bertz CT molecular complexity index is 862. The molecular formula is C14H11N5O4. The predicted molar refractivity (Wildman–Crippen MR) is 79.9 cm³/mol. The van der Waals surface area contributed by atoms with E-state index < -0.39 is 11.0 Å². The molecule has 2 aromatic heterocycles. The Morgan fingerprint density at radius 2 is 2.13 bits per heavy atom. The first-order valence-electron chi connectivity index (χ1n) is 6.59. The number of carbonyl (C=O) groups excluding carboxylic acids is 1. The highest BCUT2D eigenvalue weighted by molar-refractivity contribution is 5.91. The molecule has 1 aromatic carbocycles. The zero-order chi connectivity index (χ0) is 16.2. The van der Waals surface area contributed by atoms with Gasteiger partial charge in [-0.3, -0.25) is 15.4 Å². The third-order valence-electron chi connectivity index (χ3n) is 3.04. The number of anilines is 1. The second-order valence-electron chi connectivity index (χ2n) is 4.54. The molecule has 3 rings (SSSR count). The van der Waals surface area contributed by atoms with Crippen LogP contribution >= 0.6 is 0 Å². The molecule has 1 N–H and O–H groups in total. The summed E-state index contributed by atoms with van der Waals surface area (Å²) in [4.78, 5) is 26.2. The van der Waals surface area contributed by atoms with E-state index in [1.807, 2.05) is 30.3 Å². The smallest absolute Gasteiger partial charge is 0.413 e. The molecule has 3 aromatic rings. The van der Waals surface area contributed by atoms with Crippen LogP contribution in [-0.4, -0.2) is 25.6 Å². The normalized spacial score (nSPS) is 10.4. The van der Waals surface area contributed by atoms with Crippen molar-refractivity contribution in [2.24, 2.45) is 0 Å². The first-order valence-corrected chi connectivity index (χ1v) is 6.59. The molecule has 1 amide bonds. The van der Waals surface area contributed by atoms with Crippen LogP contribution in [0, 0.1) is 10.1 Å². The van der Waals surface area contributed by atoms with Gasteiger partial charge in [0.2, 0.25) is 0 Å². The minimum absolute atomic E-state index is 0.00904. The van der Waals surface area contributed by atoms with E-state index in [2.05, 4.69) is 15.4 Å². The molecule has 0 saturated heterocycles. The molecule has 0 aliphatic rings. The molecular weight excluding hydrogens is 302 g/mol. The minimum Gasteiger partial charge on any atom is -0.444 e. The van der Waals surface area contributed by atoms with Crippen molar-refractivity contribution in [3.8, 4) is 0 Å². The lowest BCUT2D eigenvalue weighted by Gasteiger charge is -2.07. The molecule has 0 unspecified atom stereocenters. The highest BCUT2D eigenvalue weighted by Gasteiger charge is 2.20. The van der Waals surface area contributed by atoms with Crippen molar-refractivity contribution in [3.63, 3.8) is 0 Å². The van der Waals surface area contributed by atoms with E-state index in [0.717, 1.165) is 11.8 Å². The second-order valence-corrected chi connectivity index (χ2v) is 4.54. The number of nitro groups is 1. The quantitative estimate of drug-likeness (QED) is 0.584. The van der Waals surface area contributed by atoms with Crippen LogP contribution in [-0.2, 0) is 11.3 Å². The van der Waals surface area contributed by atoms with Gasteiger partial charge in [-0.25, -0.2) is 14.3 Å². The molecule has 0 saturated carbocycles. The summed E-state index contributed by atoms with van der Waals surface area (Å²) in [6, 6.07) is 9.14. The van der Waals surface area contributed by atoms with E-state index >= 15 is 0 Å². The van der Waals surface area contributed by atoms with Crippen LogP contribution in [0.5, 0.6) is 0 Å². The van der Waals surface area contributed by atoms with Gasteiger partial charge in [0.15, 0.2) is 11.3 Å². The minimum atomic E-state index is -0.759. The summed E-state index contributed by atoms with van der Waals surface area (Å²) in [5, 5.41) is 17.2. The summed E-state index contributed by atoms with van der Waals surface area (Å²) < 4.78 is 6.33. The summed E-state index contributed by atoms with van der Waals surface area (Å²) in [6.07, 6.45) is 3.15. The van der Waals surface area contributed by atoms with E-state index in [9.17, 15) is 14.9 Å². The zero-order valence-corrected chi connectivity index (χ0v) is 11.7. The average molecular weight is 313 g/mol. The van der Waals surface area contributed by atoms with Gasteiger partial charge in [0.05, 0.1) is 4.92 Å². The Labute approximate surface area is 129 Å². The van der Waals surface area contributed by atoms with Crippen molar-refractivity contribution in [2.45, 2.75) is 6.61 Å². The molecule has 0 aliphatic heterocycles. The van der Waals surface area contributed by atoms with Crippen molar-refractivity contribution in [3.05, 3.63) is 64.6 Å². The van der Waals surface area contributed by atoms with Crippen molar-refractivity contribution in [2.75, 3.05) is 5.32 Å². The molecule has 9 heteroatoms. The predicted octanol–water partition coefficient (Wildman–Crippen LogP) is 2.39. The third-order valence-corrected chi connectivity index (χ3v) is 3.04. The number of rotatable bonds is 4. The molecule has 0 spiro atoms. The van der Waals surface area contributed by atoms with Crippen molar-refractivity contribution in [1.29, 1.82) is 0 Å². The molecule has 23 heavy (non-hydrogen) atoms. The maximum absolute atomic E-state index is 11.9. The second kappa shape index (κ2) is 6.10. The first-order chi connectivity index (χ1) is 11.1. The van der Waals surface area contributed by atoms with E-state index in [1.54, 1.807) is 0 Å². The van der Waals surface area contributed by atoms with Crippen molar-refractivity contribution in [1.82, 2.24) is 14.6 Å². The molecule has 116 valence electrons. The number of amides is 1. The summed E-state index contributed by atoms with van der Waals surface area (Å²) in [5.41, 5.74) is 0.662. The van der Waals surface area contributed by atoms with Crippen LogP contribution in [0.3, 0.4) is 0 Å². The van der Waals surface area contributed by atoms with Gasteiger partial charge >= 0.3 is 11.8 Å². The number of ether oxygens (including phenoxy) is 1. The van der Waals surface area contributed by atoms with Crippen molar-refractivity contribution < 1.29 is 14.5 Å². The first kappa shape index (κ1) is 14.4. The summed E-state index contributed by atoms with van der Waals surface area (Å²) in [5.74, 6) is 0.00904. The Kier molecular flexibility index (Phi) is 3.83. The van der Waals surface area contributed by atoms with E-state index in [-0.39, 0.29) is 23.6 Å². The number of nitrogens with one attached hydrogen (secondary N) is 1. The van der Waals surface area contributed by atoms with E-state index in [0.29, 0.717) is 0 Å². The lowest BCUT2D eigenvalue weighted by molar-refractivity contribution is -0.383.